The Kier molecular flexibility index (Phi) is 1.35. The molecule has 0 aromatic rings. The number of hydrogen-bond acceptors (Lipinski definition) is 1. The van der Waals surface area contributed by atoms with Crippen molar-refractivity contribution in [2.24, 2.45) is 11.3 Å². The van der Waals surface area contributed by atoms with E-state index in [0.29, 0.717) is 5.41 Å². The van der Waals surface area contributed by atoms with Gasteiger partial charge in [0.25, 0.3) is 0 Å². The summed E-state index contributed by atoms with van der Waals surface area (Å²) in [7, 11) is 0. The molecule has 0 aromatic carbocycles. The van der Waals surface area contributed by atoms with Crippen LogP contribution in [0.2, 0.25) is 0 Å². The Morgan fingerprint density at radius 1 is 1.17 bits per heavy atom. The molecule has 1 saturated carbocycles. The maximum Gasteiger partial charge on any atom is 0.100 e. The molecule has 0 N–H and O–H groups in total. The Morgan fingerprint density at radius 3 is 2.25 bits per heavy atom. The van der Waals surface area contributed by atoms with Crippen LogP contribution in [0.4, 0.5) is 0 Å². The molecular formula is C11H20O. The van der Waals surface area contributed by atoms with E-state index < -0.39 is 0 Å². The second-order valence-electron chi connectivity index (χ2n) is 5.57. The summed E-state index contributed by atoms with van der Waals surface area (Å²) >= 11 is 0. The van der Waals surface area contributed by atoms with Crippen LogP contribution in [0, 0.1) is 11.3 Å². The van der Waals surface area contributed by atoms with Crippen molar-refractivity contribution in [3.63, 3.8) is 0 Å². The highest BCUT2D eigenvalue weighted by atomic mass is 16.6. The lowest BCUT2D eigenvalue weighted by Gasteiger charge is -2.39. The van der Waals surface area contributed by atoms with Crippen LogP contribution >= 0.6 is 0 Å². The molecule has 3 unspecified atom stereocenters. The van der Waals surface area contributed by atoms with Gasteiger partial charge in [-0.15, -0.1) is 0 Å². The van der Waals surface area contributed by atoms with Gasteiger partial charge in [0.1, 0.15) is 5.60 Å². The average Bonchev–Trinajstić information content (AvgIpc) is 2.52. The van der Waals surface area contributed by atoms with Gasteiger partial charge in [-0.1, -0.05) is 20.8 Å². The molecule has 1 nitrogen and oxygen atoms in total. The molecular weight excluding hydrogens is 148 g/mol. The smallest absolute Gasteiger partial charge is 0.100 e. The van der Waals surface area contributed by atoms with Gasteiger partial charge >= 0.3 is 0 Å². The summed E-state index contributed by atoms with van der Waals surface area (Å²) in [5.41, 5.74) is 0.695. The summed E-state index contributed by atoms with van der Waals surface area (Å²) in [6.45, 7) is 11.6. The second-order valence-corrected chi connectivity index (χ2v) is 5.57. The quantitative estimate of drug-likeness (QED) is 0.507. The van der Waals surface area contributed by atoms with E-state index in [2.05, 4.69) is 34.6 Å². The molecule has 1 saturated heterocycles. The van der Waals surface area contributed by atoms with Gasteiger partial charge in [-0.05, 0) is 38.0 Å². The number of rotatable bonds is 0. The summed E-state index contributed by atoms with van der Waals surface area (Å²) in [6.07, 6.45) is 2.62. The fourth-order valence-electron chi connectivity index (χ4n) is 2.87. The highest BCUT2D eigenvalue weighted by Crippen LogP contribution is 2.66. The van der Waals surface area contributed by atoms with Crippen molar-refractivity contribution < 1.29 is 4.74 Å². The number of ether oxygens (including phenoxy) is 1. The Labute approximate surface area is 75.5 Å². The third kappa shape index (κ3) is 0.693. The maximum absolute atomic E-state index is 5.98. The minimum Gasteiger partial charge on any atom is -0.362 e. The van der Waals surface area contributed by atoms with Crippen molar-refractivity contribution >= 4 is 0 Å². The van der Waals surface area contributed by atoms with Crippen LogP contribution in [-0.4, -0.2) is 11.2 Å². The predicted octanol–water partition coefficient (Wildman–Crippen LogP) is 2.99. The summed E-state index contributed by atoms with van der Waals surface area (Å²) in [5, 5.41) is 0. The van der Waals surface area contributed by atoms with E-state index in [1.54, 1.807) is 0 Å². The molecule has 0 spiro atoms. The van der Waals surface area contributed by atoms with Gasteiger partial charge in [0.2, 0.25) is 0 Å². The SMILES string of the molecule is CC1CCC(C)(C)C2(C)OC12C. The zero-order chi connectivity index (χ0) is 9.20. The molecule has 1 aliphatic heterocycles. The Bertz CT molecular complexity index is 221. The molecule has 0 amide bonds. The third-order valence-corrected chi connectivity index (χ3v) is 4.76. The second kappa shape index (κ2) is 1.89. The molecule has 2 rings (SSSR count). The standard InChI is InChI=1S/C11H20O/c1-8-6-7-9(2,3)11(5)10(8,4)12-11/h8H,6-7H2,1-5H3. The van der Waals surface area contributed by atoms with Crippen molar-refractivity contribution in [3.05, 3.63) is 0 Å². The molecule has 1 heterocycles. The van der Waals surface area contributed by atoms with Gasteiger partial charge in [-0.3, -0.25) is 0 Å². The van der Waals surface area contributed by atoms with E-state index in [0.717, 1.165) is 5.92 Å². The van der Waals surface area contributed by atoms with Crippen LogP contribution in [0.25, 0.3) is 0 Å². The molecule has 12 heavy (non-hydrogen) atoms. The zero-order valence-electron chi connectivity index (χ0n) is 8.90. The van der Waals surface area contributed by atoms with E-state index in [9.17, 15) is 0 Å². The van der Waals surface area contributed by atoms with E-state index in [-0.39, 0.29) is 11.2 Å². The highest BCUT2D eigenvalue weighted by molar-refractivity contribution is 5.21. The van der Waals surface area contributed by atoms with Crippen molar-refractivity contribution in [2.45, 2.75) is 58.7 Å². The van der Waals surface area contributed by atoms with Crippen LogP contribution in [0.1, 0.15) is 47.5 Å². The topological polar surface area (TPSA) is 12.5 Å². The van der Waals surface area contributed by atoms with Crippen molar-refractivity contribution in [1.29, 1.82) is 0 Å². The van der Waals surface area contributed by atoms with Gasteiger partial charge < -0.3 is 4.74 Å². The Hall–Kier alpha value is -0.0400. The van der Waals surface area contributed by atoms with Crippen molar-refractivity contribution in [2.75, 3.05) is 0 Å². The lowest BCUT2D eigenvalue weighted by atomic mass is 9.61. The predicted molar refractivity (Wildman–Crippen MR) is 50.1 cm³/mol. The fourth-order valence-corrected chi connectivity index (χ4v) is 2.87. The van der Waals surface area contributed by atoms with Gasteiger partial charge in [-0.25, -0.2) is 0 Å². The van der Waals surface area contributed by atoms with Crippen LogP contribution in [0.3, 0.4) is 0 Å². The fraction of sp³-hybridized carbons (Fsp3) is 1.00. The lowest BCUT2D eigenvalue weighted by Crippen LogP contribution is -2.43. The molecule has 0 radical (unpaired) electrons. The van der Waals surface area contributed by atoms with Crippen LogP contribution in [0.15, 0.2) is 0 Å². The maximum atomic E-state index is 5.98. The zero-order valence-corrected chi connectivity index (χ0v) is 8.90. The van der Waals surface area contributed by atoms with Crippen molar-refractivity contribution in [3.8, 4) is 0 Å². The minimum absolute atomic E-state index is 0.150. The Balaban J connectivity index is 2.32. The van der Waals surface area contributed by atoms with E-state index in [1.807, 2.05) is 0 Å². The molecule has 0 aromatic heterocycles. The van der Waals surface area contributed by atoms with Gasteiger partial charge in [0, 0.05) is 0 Å². The van der Waals surface area contributed by atoms with Crippen LogP contribution in [-0.2, 0) is 4.74 Å². The molecule has 3 atom stereocenters. The normalized spacial score (nSPS) is 56.2. The van der Waals surface area contributed by atoms with Crippen LogP contribution in [0.5, 0.6) is 0 Å². The summed E-state index contributed by atoms with van der Waals surface area (Å²) in [4.78, 5) is 0. The number of epoxide rings is 1. The first kappa shape index (κ1) is 8.55. The van der Waals surface area contributed by atoms with E-state index >= 15 is 0 Å². The van der Waals surface area contributed by atoms with Gasteiger partial charge in [0.15, 0.2) is 0 Å². The summed E-state index contributed by atoms with van der Waals surface area (Å²) in [6, 6.07) is 0. The molecule has 1 aliphatic carbocycles. The first-order valence-electron chi connectivity index (χ1n) is 5.04. The van der Waals surface area contributed by atoms with Gasteiger partial charge in [-0.2, -0.15) is 0 Å². The first-order valence-corrected chi connectivity index (χ1v) is 5.04. The average molecular weight is 168 g/mol. The first-order chi connectivity index (χ1) is 5.33. The number of hydrogen-bond donors (Lipinski definition) is 0. The number of fused-ring (bicyclic) bond motifs is 1. The third-order valence-electron chi connectivity index (χ3n) is 4.76. The van der Waals surface area contributed by atoms with Gasteiger partial charge in [0.05, 0.1) is 5.60 Å². The van der Waals surface area contributed by atoms with E-state index in [4.69, 9.17) is 4.74 Å². The van der Waals surface area contributed by atoms with Crippen LogP contribution < -0.4 is 0 Å². The molecule has 2 fully saturated rings. The summed E-state index contributed by atoms with van der Waals surface area (Å²) in [5.74, 6) is 0.732. The Morgan fingerprint density at radius 2 is 1.75 bits per heavy atom. The molecule has 2 aliphatic rings. The van der Waals surface area contributed by atoms with Crippen molar-refractivity contribution in [1.82, 2.24) is 0 Å². The summed E-state index contributed by atoms with van der Waals surface area (Å²) < 4.78 is 5.98. The largest absolute Gasteiger partial charge is 0.362 e. The van der Waals surface area contributed by atoms with E-state index in [1.165, 1.54) is 12.8 Å². The molecule has 1 heteroatoms. The molecule has 70 valence electrons. The monoisotopic (exact) mass is 168 g/mol. The molecule has 0 bridgehead atoms. The highest BCUT2D eigenvalue weighted by Gasteiger charge is 2.73. The lowest BCUT2D eigenvalue weighted by molar-refractivity contribution is 0.130. The minimum atomic E-state index is 0.150.